The number of pyridine rings is 1. The molecule has 0 amide bonds. The van der Waals surface area contributed by atoms with E-state index in [0.29, 0.717) is 18.6 Å². The molecule has 1 aliphatic rings. The molecular formula is C24H28BrNO8. The number of ether oxygens (including phenoxy) is 5. The fraction of sp³-hybridized carbons (Fsp3) is 0.500. The van der Waals surface area contributed by atoms with Gasteiger partial charge in [-0.3, -0.25) is 19.4 Å². The van der Waals surface area contributed by atoms with Crippen molar-refractivity contribution in [3.63, 3.8) is 0 Å². The Bertz CT molecular complexity index is 1050. The molecule has 0 aliphatic heterocycles. The second-order valence-electron chi connectivity index (χ2n) is 8.23. The molecule has 184 valence electrons. The topological polar surface area (TPSA) is 110 Å². The van der Waals surface area contributed by atoms with Crippen LogP contribution in [-0.2, 0) is 33.3 Å². The molecule has 0 saturated heterocycles. The summed E-state index contributed by atoms with van der Waals surface area (Å²) >= 11 is 3.41. The number of carbonyl (C=O) groups is 3. The maximum atomic E-state index is 11.9. The molecule has 0 bridgehead atoms. The van der Waals surface area contributed by atoms with Gasteiger partial charge in [-0.25, -0.2) is 0 Å². The van der Waals surface area contributed by atoms with Gasteiger partial charge >= 0.3 is 17.9 Å². The van der Waals surface area contributed by atoms with Crippen LogP contribution >= 0.6 is 15.9 Å². The molecule has 0 radical (unpaired) electrons. The lowest BCUT2D eigenvalue weighted by Gasteiger charge is -2.51. The number of aromatic nitrogens is 1. The van der Waals surface area contributed by atoms with Gasteiger partial charge in [0.2, 0.25) is 0 Å². The summed E-state index contributed by atoms with van der Waals surface area (Å²) in [6, 6.07) is 7.63. The Morgan fingerprint density at radius 2 is 1.79 bits per heavy atom. The fourth-order valence-corrected chi connectivity index (χ4v) is 4.50. The van der Waals surface area contributed by atoms with Crippen molar-refractivity contribution in [3.8, 4) is 5.75 Å². The van der Waals surface area contributed by atoms with Crippen LogP contribution in [0.1, 0.15) is 40.0 Å². The summed E-state index contributed by atoms with van der Waals surface area (Å²) in [5.41, 5.74) is -0.122. The number of rotatable bonds is 10. The van der Waals surface area contributed by atoms with Gasteiger partial charge in [0.25, 0.3) is 0 Å². The van der Waals surface area contributed by atoms with Crippen molar-refractivity contribution in [2.24, 2.45) is 0 Å². The minimum Gasteiger partial charge on any atom is -0.490 e. The van der Waals surface area contributed by atoms with Crippen LogP contribution in [-0.4, -0.2) is 60.5 Å². The monoisotopic (exact) mass is 537 g/mol. The smallest absolute Gasteiger partial charge is 0.303 e. The Balaban J connectivity index is 1.75. The molecule has 0 spiro atoms. The number of halogens is 1. The Kier molecular flexibility index (Phi) is 8.48. The first kappa shape index (κ1) is 25.9. The molecule has 2 atom stereocenters. The molecule has 1 aromatic carbocycles. The summed E-state index contributed by atoms with van der Waals surface area (Å²) in [6.07, 6.45) is 0.712. The van der Waals surface area contributed by atoms with Gasteiger partial charge < -0.3 is 23.7 Å². The normalized spacial score (nSPS) is 21.1. The van der Waals surface area contributed by atoms with Crippen LogP contribution in [0.2, 0.25) is 0 Å². The van der Waals surface area contributed by atoms with E-state index in [0.717, 1.165) is 15.4 Å². The molecule has 1 saturated carbocycles. The molecule has 0 N–H and O–H groups in total. The second kappa shape index (κ2) is 11.1. The second-order valence-corrected chi connectivity index (χ2v) is 9.15. The molecule has 1 aliphatic carbocycles. The first-order valence-electron chi connectivity index (χ1n) is 10.9. The number of nitrogens with zero attached hydrogens (tertiary/aromatic N) is 1. The van der Waals surface area contributed by atoms with Gasteiger partial charge in [0.1, 0.15) is 23.6 Å². The van der Waals surface area contributed by atoms with E-state index in [1.54, 1.807) is 6.20 Å². The highest BCUT2D eigenvalue weighted by atomic mass is 79.9. The third-order valence-corrected chi connectivity index (χ3v) is 6.09. The van der Waals surface area contributed by atoms with Crippen LogP contribution in [0.3, 0.4) is 0 Å². The van der Waals surface area contributed by atoms with Gasteiger partial charge in [0.05, 0.1) is 12.1 Å². The highest BCUT2D eigenvalue weighted by Gasteiger charge is 2.56. The van der Waals surface area contributed by atoms with E-state index < -0.39 is 35.7 Å². The van der Waals surface area contributed by atoms with Crippen molar-refractivity contribution in [1.82, 2.24) is 4.98 Å². The van der Waals surface area contributed by atoms with E-state index in [1.807, 2.05) is 24.3 Å². The number of benzene rings is 1. The molecule has 1 fully saturated rings. The Hall–Kier alpha value is -2.72. The third kappa shape index (κ3) is 6.44. The van der Waals surface area contributed by atoms with Gasteiger partial charge in [0.15, 0.2) is 6.10 Å². The zero-order valence-corrected chi connectivity index (χ0v) is 21.1. The summed E-state index contributed by atoms with van der Waals surface area (Å²) in [4.78, 5) is 39.2. The average molecular weight is 538 g/mol. The van der Waals surface area contributed by atoms with Crippen LogP contribution in [0.4, 0.5) is 0 Å². The van der Waals surface area contributed by atoms with Gasteiger partial charge in [-0.15, -0.1) is 0 Å². The van der Waals surface area contributed by atoms with Crippen molar-refractivity contribution in [1.29, 1.82) is 0 Å². The molecule has 34 heavy (non-hydrogen) atoms. The van der Waals surface area contributed by atoms with Crippen LogP contribution in [0.25, 0.3) is 10.9 Å². The largest absolute Gasteiger partial charge is 0.490 e. The van der Waals surface area contributed by atoms with Crippen molar-refractivity contribution in [2.75, 3.05) is 13.7 Å². The number of esters is 3. The number of hydrogen-bond acceptors (Lipinski definition) is 9. The van der Waals surface area contributed by atoms with E-state index in [-0.39, 0.29) is 19.1 Å². The molecular weight excluding hydrogens is 510 g/mol. The lowest BCUT2D eigenvalue weighted by molar-refractivity contribution is -0.231. The van der Waals surface area contributed by atoms with Crippen LogP contribution in [0.15, 0.2) is 34.9 Å². The van der Waals surface area contributed by atoms with Gasteiger partial charge in [-0.05, 0) is 34.1 Å². The average Bonchev–Trinajstić information content (AvgIpc) is 2.73. The number of hydrogen-bond donors (Lipinski definition) is 0. The summed E-state index contributed by atoms with van der Waals surface area (Å²) in [6.45, 7) is 3.84. The summed E-state index contributed by atoms with van der Waals surface area (Å²) in [5.74, 6) is -0.880. The van der Waals surface area contributed by atoms with Crippen LogP contribution < -0.4 is 4.74 Å². The molecule has 10 heteroatoms. The van der Waals surface area contributed by atoms with E-state index in [2.05, 4.69) is 20.9 Å². The van der Waals surface area contributed by atoms with E-state index in [9.17, 15) is 14.4 Å². The van der Waals surface area contributed by atoms with Crippen molar-refractivity contribution >= 4 is 44.7 Å². The van der Waals surface area contributed by atoms with E-state index in [1.165, 1.54) is 27.9 Å². The van der Waals surface area contributed by atoms with E-state index >= 15 is 0 Å². The quantitative estimate of drug-likeness (QED) is 0.330. The lowest BCUT2D eigenvalue weighted by Crippen LogP contribution is -2.63. The summed E-state index contributed by atoms with van der Waals surface area (Å²) in [5, 5.41) is 0.980. The first-order chi connectivity index (χ1) is 16.1. The fourth-order valence-electron chi connectivity index (χ4n) is 4.15. The Labute approximate surface area is 206 Å². The standard InChI is InChI=1S/C24H28BrNO8/c1-14(27)31-8-7-22(32-15(2)28)23(33-16(3)29)24(30-4)11-20(12-24)34-19-6-5-17-9-18(25)13-26-21(17)10-19/h5-6,9-10,13,20,22-23H,7-8,11-12H2,1-4H3/t20?,22-,23-,24?/m0/s1. The molecule has 3 rings (SSSR count). The summed E-state index contributed by atoms with van der Waals surface area (Å²) < 4.78 is 28.9. The van der Waals surface area contributed by atoms with Gasteiger partial charge in [-0.2, -0.15) is 0 Å². The van der Waals surface area contributed by atoms with Gasteiger partial charge in [0, 0.05) is 69.3 Å². The molecule has 2 aromatic rings. The Morgan fingerprint density at radius 3 is 2.41 bits per heavy atom. The van der Waals surface area contributed by atoms with Crippen molar-refractivity contribution in [2.45, 2.75) is 63.9 Å². The SMILES string of the molecule is COC1([C@@H](OC(C)=O)[C@H](CCOC(C)=O)OC(C)=O)CC(Oc2ccc3cc(Br)cnc3c2)C1. The third-order valence-electron chi connectivity index (χ3n) is 5.65. The number of methoxy groups -OCH3 is 1. The van der Waals surface area contributed by atoms with Crippen molar-refractivity contribution < 1.29 is 38.1 Å². The molecule has 1 aromatic heterocycles. The minimum absolute atomic E-state index is 0.00493. The van der Waals surface area contributed by atoms with Crippen molar-refractivity contribution in [3.05, 3.63) is 34.9 Å². The first-order valence-corrected chi connectivity index (χ1v) is 11.7. The lowest BCUT2D eigenvalue weighted by atomic mass is 9.71. The molecule has 9 nitrogen and oxygen atoms in total. The highest BCUT2D eigenvalue weighted by Crippen LogP contribution is 2.44. The van der Waals surface area contributed by atoms with Crippen LogP contribution in [0.5, 0.6) is 5.75 Å². The minimum atomic E-state index is -0.924. The zero-order valence-electron chi connectivity index (χ0n) is 19.5. The predicted molar refractivity (Wildman–Crippen MR) is 125 cm³/mol. The zero-order chi connectivity index (χ0) is 24.9. The molecule has 1 heterocycles. The maximum Gasteiger partial charge on any atom is 0.303 e. The van der Waals surface area contributed by atoms with Gasteiger partial charge in [-0.1, -0.05) is 0 Å². The van der Waals surface area contributed by atoms with Crippen LogP contribution in [0, 0.1) is 0 Å². The summed E-state index contributed by atoms with van der Waals surface area (Å²) in [7, 11) is 1.52. The number of fused-ring (bicyclic) bond motifs is 1. The maximum absolute atomic E-state index is 11.9. The molecule has 0 unspecified atom stereocenters. The Morgan fingerprint density at radius 1 is 1.09 bits per heavy atom. The predicted octanol–water partition coefficient (Wildman–Crippen LogP) is 3.74. The number of carbonyl (C=O) groups excluding carboxylic acids is 3. The highest BCUT2D eigenvalue weighted by molar-refractivity contribution is 9.10. The van der Waals surface area contributed by atoms with E-state index in [4.69, 9.17) is 23.7 Å².